The van der Waals surface area contributed by atoms with Crippen LogP contribution in [0.3, 0.4) is 0 Å². The van der Waals surface area contributed by atoms with Crippen molar-refractivity contribution in [1.82, 2.24) is 5.32 Å². The number of rotatable bonds is 5. The van der Waals surface area contributed by atoms with E-state index in [1.54, 1.807) is 0 Å². The Kier molecular flexibility index (Phi) is 6.92. The summed E-state index contributed by atoms with van der Waals surface area (Å²) in [6, 6.07) is 4.23. The molecule has 1 aromatic rings. The highest BCUT2D eigenvalue weighted by Gasteiger charge is 2.45. The van der Waals surface area contributed by atoms with Gasteiger partial charge in [0.2, 0.25) is 0 Å². The van der Waals surface area contributed by atoms with Gasteiger partial charge in [0, 0.05) is 12.5 Å². The molecule has 164 valence electrons. The molecule has 0 saturated carbocycles. The number of sulfone groups is 2. The zero-order chi connectivity index (χ0) is 23.0. The first-order valence-electron chi connectivity index (χ1n) is 8.01. The molecule has 1 aliphatic rings. The van der Waals surface area contributed by atoms with Crippen LogP contribution in [-0.4, -0.2) is 55.5 Å². The van der Waals surface area contributed by atoms with Gasteiger partial charge in [-0.1, -0.05) is 35.3 Å². The zero-order valence-corrected chi connectivity index (χ0v) is 19.3. The molecule has 0 saturated heterocycles. The molecule has 2 rings (SSSR count). The predicted molar refractivity (Wildman–Crippen MR) is 110 cm³/mol. The lowest BCUT2D eigenvalue weighted by Gasteiger charge is -2.31. The molecule has 1 aliphatic heterocycles. The Bertz CT molecular complexity index is 1130. The first-order chi connectivity index (χ1) is 13.8. The summed E-state index contributed by atoms with van der Waals surface area (Å²) in [7, 11) is -6.41. The maximum absolute atomic E-state index is 12.6. The van der Waals surface area contributed by atoms with Gasteiger partial charge in [0.05, 0.1) is 41.3 Å². The largest absolute Gasteiger partial charge is 0.466 e. The summed E-state index contributed by atoms with van der Waals surface area (Å²) < 4.78 is 59.2. The maximum atomic E-state index is 12.6. The van der Waals surface area contributed by atoms with Crippen LogP contribution in [0.15, 0.2) is 39.4 Å². The van der Waals surface area contributed by atoms with Crippen LogP contribution >= 0.6 is 23.2 Å². The number of dihydropyridines is 1. The minimum atomic E-state index is -4.20. The second-order valence-corrected chi connectivity index (χ2v) is 10.9. The number of ether oxygens (including phenoxy) is 2. The minimum Gasteiger partial charge on any atom is -0.466 e. The van der Waals surface area contributed by atoms with Gasteiger partial charge in [0.1, 0.15) is 10.1 Å². The van der Waals surface area contributed by atoms with Crippen molar-refractivity contribution in [1.29, 1.82) is 0 Å². The van der Waals surface area contributed by atoms with Crippen LogP contribution in [0.4, 0.5) is 0 Å². The van der Waals surface area contributed by atoms with E-state index in [4.69, 9.17) is 32.7 Å². The summed E-state index contributed by atoms with van der Waals surface area (Å²) in [4.78, 5) is 25.3. The second kappa shape index (κ2) is 8.58. The molecule has 1 N–H and O–H groups in total. The molecule has 13 heteroatoms. The SMILES string of the molecule is COC(=O)C1=C(S(C)(=O)=O)NC(S(C)(=O)=O)=C(C(=O)OC)C1c1cccc(Cl)c1Cl. The fraction of sp³-hybridized carbons (Fsp3) is 0.294. The Morgan fingerprint density at radius 1 is 0.900 bits per heavy atom. The van der Waals surface area contributed by atoms with Crippen LogP contribution < -0.4 is 5.32 Å². The minimum absolute atomic E-state index is 0.00812. The third-order valence-electron chi connectivity index (χ3n) is 4.14. The van der Waals surface area contributed by atoms with E-state index in [1.165, 1.54) is 18.2 Å². The highest BCUT2D eigenvalue weighted by molar-refractivity contribution is 7.95. The van der Waals surface area contributed by atoms with Crippen molar-refractivity contribution in [3.63, 3.8) is 0 Å². The first kappa shape index (κ1) is 24.2. The molecule has 1 aromatic carbocycles. The molecule has 0 spiro atoms. The molecule has 0 atom stereocenters. The van der Waals surface area contributed by atoms with E-state index >= 15 is 0 Å². The van der Waals surface area contributed by atoms with Gasteiger partial charge in [-0.05, 0) is 11.6 Å². The zero-order valence-electron chi connectivity index (χ0n) is 16.1. The molecular weight excluding hydrogens is 481 g/mol. The second-order valence-electron chi connectivity index (χ2n) is 6.21. The molecule has 1 heterocycles. The molecule has 9 nitrogen and oxygen atoms in total. The molecule has 0 unspecified atom stereocenters. The van der Waals surface area contributed by atoms with E-state index < -0.39 is 58.7 Å². The topological polar surface area (TPSA) is 133 Å². The molecule has 0 bridgehead atoms. The van der Waals surface area contributed by atoms with E-state index in [1.807, 2.05) is 0 Å². The van der Waals surface area contributed by atoms with Gasteiger partial charge in [-0.3, -0.25) is 0 Å². The molecule has 0 fully saturated rings. The number of esters is 2. The molecule has 0 amide bonds. The Morgan fingerprint density at radius 2 is 1.33 bits per heavy atom. The lowest BCUT2D eigenvalue weighted by Crippen LogP contribution is -2.38. The van der Waals surface area contributed by atoms with Gasteiger partial charge in [-0.25, -0.2) is 26.4 Å². The number of carbonyl (C=O) groups excluding carboxylic acids is 2. The molecule has 30 heavy (non-hydrogen) atoms. The summed E-state index contributed by atoms with van der Waals surface area (Å²) in [6.45, 7) is 0. The van der Waals surface area contributed by atoms with Gasteiger partial charge in [-0.15, -0.1) is 0 Å². The van der Waals surface area contributed by atoms with Crippen LogP contribution in [0.2, 0.25) is 10.0 Å². The summed E-state index contributed by atoms with van der Waals surface area (Å²) in [5.41, 5.74) is -1.08. The van der Waals surface area contributed by atoms with Crippen molar-refractivity contribution in [3.8, 4) is 0 Å². The fourth-order valence-corrected chi connectivity index (χ4v) is 5.18. The standard InChI is InChI=1S/C17H17Cl2NO8S2/c1-27-16(21)11-10(8-6-5-7-9(18)13(8)19)12(17(22)28-2)15(30(4,25)26)20-14(11)29(3,23)24/h5-7,10,20H,1-4H3. The summed E-state index contributed by atoms with van der Waals surface area (Å²) >= 11 is 12.3. The number of hydrogen-bond acceptors (Lipinski definition) is 9. The van der Waals surface area contributed by atoms with Gasteiger partial charge < -0.3 is 14.8 Å². The number of hydrogen-bond donors (Lipinski definition) is 1. The Balaban J connectivity index is 3.14. The Hall–Kier alpha value is -2.08. The van der Waals surface area contributed by atoms with Gasteiger partial charge >= 0.3 is 11.9 Å². The Morgan fingerprint density at radius 3 is 1.70 bits per heavy atom. The highest BCUT2D eigenvalue weighted by Crippen LogP contribution is 2.45. The van der Waals surface area contributed by atoms with Crippen molar-refractivity contribution < 1.29 is 35.9 Å². The number of nitrogens with one attached hydrogen (secondary N) is 1. The average Bonchev–Trinajstić information content (AvgIpc) is 2.65. The third kappa shape index (κ3) is 4.48. The van der Waals surface area contributed by atoms with E-state index in [0.29, 0.717) is 0 Å². The van der Waals surface area contributed by atoms with Crippen LogP contribution in [-0.2, 0) is 38.7 Å². The number of carbonyl (C=O) groups is 2. The first-order valence-corrected chi connectivity index (χ1v) is 12.6. The van der Waals surface area contributed by atoms with E-state index in [0.717, 1.165) is 26.7 Å². The summed E-state index contributed by atoms with van der Waals surface area (Å²) in [5, 5.41) is 0.624. The van der Waals surface area contributed by atoms with Crippen molar-refractivity contribution in [3.05, 3.63) is 55.0 Å². The van der Waals surface area contributed by atoms with Crippen molar-refractivity contribution in [2.45, 2.75) is 5.92 Å². The van der Waals surface area contributed by atoms with Crippen LogP contribution in [0.1, 0.15) is 11.5 Å². The van der Waals surface area contributed by atoms with E-state index in [-0.39, 0.29) is 15.6 Å². The van der Waals surface area contributed by atoms with Gasteiger partial charge in [-0.2, -0.15) is 0 Å². The van der Waals surface area contributed by atoms with E-state index in [2.05, 4.69) is 5.32 Å². The molecular formula is C17H17Cl2NO8S2. The quantitative estimate of drug-likeness (QED) is 0.600. The van der Waals surface area contributed by atoms with Crippen molar-refractivity contribution >= 4 is 54.8 Å². The summed E-state index contributed by atoms with van der Waals surface area (Å²) in [6.07, 6.45) is 1.52. The third-order valence-corrected chi connectivity index (χ3v) is 7.10. The number of halogens is 2. The monoisotopic (exact) mass is 497 g/mol. The number of methoxy groups -OCH3 is 2. The maximum Gasteiger partial charge on any atom is 0.337 e. The van der Waals surface area contributed by atoms with Crippen LogP contribution in [0.25, 0.3) is 0 Å². The number of benzene rings is 1. The molecule has 0 aliphatic carbocycles. The Labute approximate surface area is 183 Å². The predicted octanol–water partition coefficient (Wildman–Crippen LogP) is 1.54. The average molecular weight is 498 g/mol. The van der Waals surface area contributed by atoms with Crippen LogP contribution in [0.5, 0.6) is 0 Å². The molecule has 0 radical (unpaired) electrons. The highest BCUT2D eigenvalue weighted by atomic mass is 35.5. The summed E-state index contributed by atoms with van der Waals surface area (Å²) in [5.74, 6) is -3.82. The lowest BCUT2D eigenvalue weighted by atomic mass is 9.83. The van der Waals surface area contributed by atoms with E-state index in [9.17, 15) is 26.4 Å². The van der Waals surface area contributed by atoms with Gasteiger partial charge in [0.15, 0.2) is 19.7 Å². The smallest absolute Gasteiger partial charge is 0.337 e. The van der Waals surface area contributed by atoms with Crippen molar-refractivity contribution in [2.24, 2.45) is 0 Å². The van der Waals surface area contributed by atoms with Gasteiger partial charge in [0.25, 0.3) is 0 Å². The normalized spacial score (nSPS) is 15.7. The van der Waals surface area contributed by atoms with Crippen molar-refractivity contribution in [2.75, 3.05) is 26.7 Å². The van der Waals surface area contributed by atoms with Crippen LogP contribution in [0, 0.1) is 0 Å². The fourth-order valence-electron chi connectivity index (χ4n) is 2.92. The molecule has 0 aromatic heterocycles. The lowest BCUT2D eigenvalue weighted by molar-refractivity contribution is -0.137.